The van der Waals surface area contributed by atoms with Gasteiger partial charge in [0, 0.05) is 18.3 Å². The molecule has 0 bridgehead atoms. The van der Waals surface area contributed by atoms with E-state index in [-0.39, 0.29) is 18.2 Å². The molecular formula is C26H24F6N4O. The van der Waals surface area contributed by atoms with Crippen LogP contribution in [0.3, 0.4) is 0 Å². The Morgan fingerprint density at radius 2 is 1.46 bits per heavy atom. The van der Waals surface area contributed by atoms with E-state index in [1.807, 2.05) is 30.3 Å². The van der Waals surface area contributed by atoms with Gasteiger partial charge in [0.1, 0.15) is 12.7 Å². The highest BCUT2D eigenvalue weighted by Gasteiger charge is 2.49. The average molecular weight is 522 g/mol. The maximum atomic E-state index is 13.3. The molecular weight excluding hydrogens is 498 g/mol. The van der Waals surface area contributed by atoms with Gasteiger partial charge in [-0.25, -0.2) is 11.1 Å². The maximum Gasteiger partial charge on any atom is 0.416 e. The Kier molecular flexibility index (Phi) is 7.08. The van der Waals surface area contributed by atoms with Gasteiger partial charge in [0.25, 0.3) is 0 Å². The second-order valence-corrected chi connectivity index (χ2v) is 9.40. The molecule has 1 saturated carbocycles. The Morgan fingerprint density at radius 1 is 0.919 bits per heavy atom. The molecule has 1 fully saturated rings. The monoisotopic (exact) mass is 522 g/mol. The SMILES string of the molecule is [C-]#[N+]C1(n2cnnc2)CCC(CO[C@H](C)c2cc(C(F)(F)F)cc(C(F)(F)F)c2)(c2ccccc2)CC1. The molecule has 2 aromatic carbocycles. The van der Waals surface area contributed by atoms with E-state index in [1.54, 1.807) is 4.57 Å². The van der Waals surface area contributed by atoms with Crippen LogP contribution >= 0.6 is 0 Å². The number of halogens is 6. The zero-order valence-corrected chi connectivity index (χ0v) is 19.9. The van der Waals surface area contributed by atoms with Crippen molar-refractivity contribution in [3.63, 3.8) is 0 Å². The molecule has 1 aromatic heterocycles. The summed E-state index contributed by atoms with van der Waals surface area (Å²) in [5.74, 6) is 0. The Bertz CT molecular complexity index is 1210. The fourth-order valence-electron chi connectivity index (χ4n) is 4.87. The second kappa shape index (κ2) is 9.82. The van der Waals surface area contributed by atoms with Crippen LogP contribution in [-0.2, 0) is 28.2 Å². The van der Waals surface area contributed by atoms with Crippen molar-refractivity contribution in [1.82, 2.24) is 14.8 Å². The summed E-state index contributed by atoms with van der Waals surface area (Å²) in [5, 5.41) is 7.62. The quantitative estimate of drug-likeness (QED) is 0.255. The predicted molar refractivity (Wildman–Crippen MR) is 122 cm³/mol. The van der Waals surface area contributed by atoms with Gasteiger partial charge in [0.2, 0.25) is 0 Å². The minimum Gasteiger partial charge on any atom is -0.373 e. The molecule has 1 heterocycles. The van der Waals surface area contributed by atoms with Crippen LogP contribution in [0.4, 0.5) is 26.3 Å². The van der Waals surface area contributed by atoms with Crippen molar-refractivity contribution < 1.29 is 31.1 Å². The van der Waals surface area contributed by atoms with Crippen molar-refractivity contribution in [2.24, 2.45) is 0 Å². The fourth-order valence-corrected chi connectivity index (χ4v) is 4.87. The first-order valence-corrected chi connectivity index (χ1v) is 11.6. The number of ether oxygens (including phenoxy) is 1. The first kappa shape index (κ1) is 26.7. The van der Waals surface area contributed by atoms with Gasteiger partial charge in [0.05, 0.1) is 23.8 Å². The first-order chi connectivity index (χ1) is 17.4. The van der Waals surface area contributed by atoms with E-state index in [2.05, 4.69) is 15.0 Å². The Labute approximate surface area is 209 Å². The lowest BCUT2D eigenvalue weighted by atomic mass is 9.67. The van der Waals surface area contributed by atoms with Crippen molar-refractivity contribution in [3.8, 4) is 0 Å². The van der Waals surface area contributed by atoms with Crippen molar-refractivity contribution in [3.05, 3.63) is 94.9 Å². The van der Waals surface area contributed by atoms with Gasteiger partial charge in [-0.2, -0.15) is 26.3 Å². The zero-order chi connectivity index (χ0) is 26.9. The van der Waals surface area contributed by atoms with Crippen LogP contribution in [-0.4, -0.2) is 21.4 Å². The molecule has 1 aliphatic carbocycles. The highest BCUT2D eigenvalue weighted by Crippen LogP contribution is 2.48. The van der Waals surface area contributed by atoms with Gasteiger partial charge in [-0.3, -0.25) is 4.85 Å². The van der Waals surface area contributed by atoms with E-state index in [0.29, 0.717) is 37.8 Å². The Balaban J connectivity index is 1.61. The summed E-state index contributed by atoms with van der Waals surface area (Å²) in [6.07, 6.45) is -5.98. The van der Waals surface area contributed by atoms with Crippen LogP contribution in [0.15, 0.2) is 61.2 Å². The summed E-state index contributed by atoms with van der Waals surface area (Å²) < 4.78 is 87.7. The summed E-state index contributed by atoms with van der Waals surface area (Å²) in [7, 11) is 0. The standard InChI is InChI=1S/C26H24F6N4O/c1-18(19-12-21(25(27,28)29)14-22(13-19)26(30,31)32)37-15-23(20-6-4-3-5-7-20)8-10-24(33-2,11-9-23)36-16-34-35-17-36/h3-7,12-14,16-18H,8-11,15H2,1H3/t18-,23?,24?/m1/s1. The smallest absolute Gasteiger partial charge is 0.373 e. The molecule has 196 valence electrons. The lowest BCUT2D eigenvalue weighted by Gasteiger charge is -2.42. The number of rotatable bonds is 6. The molecule has 3 aromatic rings. The molecule has 0 radical (unpaired) electrons. The number of hydrogen-bond donors (Lipinski definition) is 0. The second-order valence-electron chi connectivity index (χ2n) is 9.40. The summed E-state index contributed by atoms with van der Waals surface area (Å²) >= 11 is 0. The molecule has 0 N–H and O–H groups in total. The van der Waals surface area contributed by atoms with Crippen molar-refractivity contribution in [1.29, 1.82) is 0 Å². The van der Waals surface area contributed by atoms with Gasteiger partial charge in [-0.15, -0.1) is 10.2 Å². The summed E-state index contributed by atoms with van der Waals surface area (Å²) in [6.45, 7) is 9.32. The van der Waals surface area contributed by atoms with E-state index in [9.17, 15) is 26.3 Å². The van der Waals surface area contributed by atoms with Gasteiger partial charge >= 0.3 is 18.0 Å². The number of aromatic nitrogens is 3. The summed E-state index contributed by atoms with van der Waals surface area (Å²) in [5.41, 5.74) is -3.47. The molecule has 0 spiro atoms. The van der Waals surface area contributed by atoms with Crippen LogP contribution in [0.1, 0.15) is 61.0 Å². The molecule has 0 saturated heterocycles. The highest BCUT2D eigenvalue weighted by atomic mass is 19.4. The van der Waals surface area contributed by atoms with Gasteiger partial charge in [-0.05, 0) is 49.1 Å². The lowest BCUT2D eigenvalue weighted by Crippen LogP contribution is -2.43. The van der Waals surface area contributed by atoms with Crippen molar-refractivity contribution in [2.45, 2.75) is 62.1 Å². The van der Waals surface area contributed by atoms with Crippen molar-refractivity contribution >= 4 is 0 Å². The summed E-state index contributed by atoms with van der Waals surface area (Å²) in [6, 6.07) is 10.9. The predicted octanol–water partition coefficient (Wildman–Crippen LogP) is 7.18. The maximum absolute atomic E-state index is 13.3. The molecule has 0 aliphatic heterocycles. The van der Waals surface area contributed by atoms with Crippen LogP contribution in [0, 0.1) is 6.57 Å². The van der Waals surface area contributed by atoms with E-state index in [4.69, 9.17) is 11.3 Å². The lowest BCUT2D eigenvalue weighted by molar-refractivity contribution is -0.143. The number of hydrogen-bond acceptors (Lipinski definition) is 3. The number of alkyl halides is 6. The normalized spacial score (nSPS) is 23.4. The minimum atomic E-state index is -4.93. The molecule has 0 unspecified atom stereocenters. The Morgan fingerprint density at radius 3 is 1.95 bits per heavy atom. The third-order valence-corrected chi connectivity index (χ3v) is 7.19. The molecule has 1 aliphatic rings. The minimum absolute atomic E-state index is 0.0615. The molecule has 5 nitrogen and oxygen atoms in total. The van der Waals surface area contributed by atoms with E-state index in [0.717, 1.165) is 5.56 Å². The number of nitrogens with zero attached hydrogens (tertiary/aromatic N) is 4. The van der Waals surface area contributed by atoms with E-state index in [1.165, 1.54) is 19.6 Å². The Hall–Kier alpha value is -3.39. The van der Waals surface area contributed by atoms with Gasteiger partial charge in [0.15, 0.2) is 0 Å². The third kappa shape index (κ3) is 5.49. The largest absolute Gasteiger partial charge is 0.416 e. The molecule has 11 heteroatoms. The van der Waals surface area contributed by atoms with Gasteiger partial charge in [-0.1, -0.05) is 30.3 Å². The molecule has 1 atom stereocenters. The first-order valence-electron chi connectivity index (χ1n) is 11.6. The fraction of sp³-hybridized carbons (Fsp3) is 0.423. The molecule has 37 heavy (non-hydrogen) atoms. The number of benzene rings is 2. The highest BCUT2D eigenvalue weighted by molar-refractivity contribution is 5.35. The van der Waals surface area contributed by atoms with Crippen LogP contribution < -0.4 is 0 Å². The third-order valence-electron chi connectivity index (χ3n) is 7.19. The average Bonchev–Trinajstić information content (AvgIpc) is 3.43. The van der Waals surface area contributed by atoms with Crippen molar-refractivity contribution in [2.75, 3.05) is 6.61 Å². The van der Waals surface area contributed by atoms with Crippen LogP contribution in [0.2, 0.25) is 0 Å². The van der Waals surface area contributed by atoms with Crippen LogP contribution in [0.25, 0.3) is 4.85 Å². The van der Waals surface area contributed by atoms with E-state index >= 15 is 0 Å². The van der Waals surface area contributed by atoms with Gasteiger partial charge < -0.3 is 4.74 Å². The molecule has 0 amide bonds. The molecule has 4 rings (SSSR count). The van der Waals surface area contributed by atoms with Crippen LogP contribution in [0.5, 0.6) is 0 Å². The zero-order valence-electron chi connectivity index (χ0n) is 19.9. The summed E-state index contributed by atoms with van der Waals surface area (Å²) in [4.78, 5) is 3.87. The van der Waals surface area contributed by atoms with E-state index < -0.39 is 40.7 Å². The topological polar surface area (TPSA) is 44.3 Å².